The van der Waals surface area contributed by atoms with Crippen LogP contribution >= 0.6 is 0 Å². The highest BCUT2D eigenvalue weighted by atomic mass is 16.5. The van der Waals surface area contributed by atoms with Crippen molar-refractivity contribution in [3.8, 4) is 6.01 Å². The number of ether oxygens (including phenoxy) is 1. The molecule has 1 saturated heterocycles. The SMILES string of the molecule is CN1CCC(CN)(c2nc3n(n2)CCO3)CC1. The van der Waals surface area contributed by atoms with E-state index >= 15 is 0 Å². The molecule has 0 amide bonds. The van der Waals surface area contributed by atoms with Crippen LogP contribution in [0.2, 0.25) is 0 Å². The lowest BCUT2D eigenvalue weighted by molar-refractivity contribution is 0.183. The van der Waals surface area contributed by atoms with Crippen molar-refractivity contribution < 1.29 is 4.74 Å². The number of piperidine rings is 1. The van der Waals surface area contributed by atoms with Crippen molar-refractivity contribution in [2.75, 3.05) is 33.3 Å². The van der Waals surface area contributed by atoms with E-state index in [9.17, 15) is 0 Å². The smallest absolute Gasteiger partial charge is 0.315 e. The first-order chi connectivity index (χ1) is 8.23. The molecule has 0 bridgehead atoms. The summed E-state index contributed by atoms with van der Waals surface area (Å²) in [6.45, 7) is 4.23. The van der Waals surface area contributed by atoms with E-state index in [2.05, 4.69) is 22.0 Å². The molecule has 2 aliphatic heterocycles. The Morgan fingerprint density at radius 1 is 1.35 bits per heavy atom. The van der Waals surface area contributed by atoms with Crippen LogP contribution in [0.1, 0.15) is 18.7 Å². The van der Waals surface area contributed by atoms with Gasteiger partial charge >= 0.3 is 6.01 Å². The first-order valence-corrected chi connectivity index (χ1v) is 6.20. The minimum Gasteiger partial charge on any atom is -0.462 e. The lowest BCUT2D eigenvalue weighted by atomic mass is 9.78. The first-order valence-electron chi connectivity index (χ1n) is 6.20. The molecule has 17 heavy (non-hydrogen) atoms. The monoisotopic (exact) mass is 237 g/mol. The number of rotatable bonds is 2. The fourth-order valence-electron chi connectivity index (χ4n) is 2.59. The Hall–Kier alpha value is -1.14. The number of aromatic nitrogens is 3. The molecule has 0 spiro atoms. The Morgan fingerprint density at radius 2 is 2.12 bits per heavy atom. The van der Waals surface area contributed by atoms with Crippen molar-refractivity contribution >= 4 is 0 Å². The molecule has 94 valence electrons. The average Bonchev–Trinajstić information content (AvgIpc) is 2.91. The normalized spacial score (nSPS) is 23.4. The summed E-state index contributed by atoms with van der Waals surface area (Å²) in [5, 5.41) is 4.56. The number of nitrogens with two attached hydrogens (primary N) is 1. The minimum absolute atomic E-state index is 0.0484. The van der Waals surface area contributed by atoms with Crippen LogP contribution in [-0.2, 0) is 12.0 Å². The molecule has 0 unspecified atom stereocenters. The number of nitrogens with zero attached hydrogens (tertiary/aromatic N) is 4. The van der Waals surface area contributed by atoms with E-state index < -0.39 is 0 Å². The van der Waals surface area contributed by atoms with E-state index in [4.69, 9.17) is 10.5 Å². The summed E-state index contributed by atoms with van der Waals surface area (Å²) in [5.41, 5.74) is 5.94. The van der Waals surface area contributed by atoms with Gasteiger partial charge in [-0.15, -0.1) is 0 Å². The molecule has 0 aliphatic carbocycles. The van der Waals surface area contributed by atoms with E-state index in [0.29, 0.717) is 19.2 Å². The molecule has 0 aromatic carbocycles. The Labute approximate surface area is 101 Å². The molecule has 2 aliphatic rings. The van der Waals surface area contributed by atoms with Gasteiger partial charge in [-0.1, -0.05) is 0 Å². The summed E-state index contributed by atoms with van der Waals surface area (Å²) in [7, 11) is 2.14. The van der Waals surface area contributed by atoms with Gasteiger partial charge in [-0.05, 0) is 33.0 Å². The summed E-state index contributed by atoms with van der Waals surface area (Å²) in [4.78, 5) is 6.84. The summed E-state index contributed by atoms with van der Waals surface area (Å²) >= 11 is 0. The predicted octanol–water partition coefficient (Wildman–Crippen LogP) is -0.407. The minimum atomic E-state index is -0.0484. The van der Waals surface area contributed by atoms with Gasteiger partial charge in [0.1, 0.15) is 6.61 Å². The standard InChI is InChI=1S/C11H19N5O/c1-15-4-2-11(8-12,3-5-15)9-13-10-16(14-9)6-7-17-10/h2-8,12H2,1H3. The van der Waals surface area contributed by atoms with Crippen LogP contribution in [0.5, 0.6) is 6.01 Å². The van der Waals surface area contributed by atoms with Crippen molar-refractivity contribution in [1.29, 1.82) is 0 Å². The summed E-state index contributed by atoms with van der Waals surface area (Å²) < 4.78 is 7.27. The number of hydrogen-bond donors (Lipinski definition) is 1. The fraction of sp³-hybridized carbons (Fsp3) is 0.818. The Bertz CT molecular complexity index is 386. The number of fused-ring (bicyclic) bond motifs is 1. The molecule has 6 heteroatoms. The molecule has 1 aromatic heterocycles. The molecule has 0 saturated carbocycles. The topological polar surface area (TPSA) is 69.2 Å². The van der Waals surface area contributed by atoms with Crippen LogP contribution in [0.15, 0.2) is 0 Å². The second kappa shape index (κ2) is 3.96. The van der Waals surface area contributed by atoms with Gasteiger partial charge in [0.05, 0.1) is 6.54 Å². The zero-order chi connectivity index (χ0) is 11.9. The third kappa shape index (κ3) is 1.71. The molecule has 1 aromatic rings. The highest BCUT2D eigenvalue weighted by Gasteiger charge is 2.39. The third-order valence-corrected chi connectivity index (χ3v) is 3.98. The van der Waals surface area contributed by atoms with Crippen LogP contribution in [-0.4, -0.2) is 53.0 Å². The maximum Gasteiger partial charge on any atom is 0.315 e. The van der Waals surface area contributed by atoms with Gasteiger partial charge in [0, 0.05) is 12.0 Å². The third-order valence-electron chi connectivity index (χ3n) is 3.98. The van der Waals surface area contributed by atoms with Crippen LogP contribution in [0.4, 0.5) is 0 Å². The largest absolute Gasteiger partial charge is 0.462 e. The maximum atomic E-state index is 5.99. The highest BCUT2D eigenvalue weighted by Crippen LogP contribution is 2.33. The van der Waals surface area contributed by atoms with Crippen LogP contribution in [0.3, 0.4) is 0 Å². The zero-order valence-corrected chi connectivity index (χ0v) is 10.2. The molecule has 0 radical (unpaired) electrons. The van der Waals surface area contributed by atoms with Gasteiger partial charge in [0.15, 0.2) is 5.82 Å². The maximum absolute atomic E-state index is 5.99. The predicted molar refractivity (Wildman–Crippen MR) is 63.0 cm³/mol. The molecular formula is C11H19N5O. The summed E-state index contributed by atoms with van der Waals surface area (Å²) in [6, 6.07) is 0.659. The average molecular weight is 237 g/mol. The number of hydrogen-bond acceptors (Lipinski definition) is 5. The van der Waals surface area contributed by atoms with Crippen molar-refractivity contribution in [1.82, 2.24) is 19.7 Å². The zero-order valence-electron chi connectivity index (χ0n) is 10.2. The summed E-state index contributed by atoms with van der Waals surface area (Å²) in [5.74, 6) is 0.878. The van der Waals surface area contributed by atoms with Crippen LogP contribution in [0.25, 0.3) is 0 Å². The fourth-order valence-corrected chi connectivity index (χ4v) is 2.59. The highest BCUT2D eigenvalue weighted by molar-refractivity contribution is 5.15. The molecule has 6 nitrogen and oxygen atoms in total. The van der Waals surface area contributed by atoms with Crippen molar-refractivity contribution in [3.63, 3.8) is 0 Å². The molecule has 0 atom stereocenters. The second-order valence-electron chi connectivity index (χ2n) is 5.08. The second-order valence-corrected chi connectivity index (χ2v) is 5.08. The van der Waals surface area contributed by atoms with Crippen molar-refractivity contribution in [3.05, 3.63) is 5.82 Å². The van der Waals surface area contributed by atoms with Gasteiger partial charge < -0.3 is 15.4 Å². The molecule has 2 N–H and O–H groups in total. The molecule has 3 rings (SSSR count). The lowest BCUT2D eigenvalue weighted by Gasteiger charge is -2.37. The Morgan fingerprint density at radius 3 is 2.76 bits per heavy atom. The van der Waals surface area contributed by atoms with Gasteiger partial charge in [-0.2, -0.15) is 10.1 Å². The van der Waals surface area contributed by atoms with Crippen molar-refractivity contribution in [2.45, 2.75) is 24.8 Å². The van der Waals surface area contributed by atoms with Gasteiger partial charge in [0.2, 0.25) is 0 Å². The van der Waals surface area contributed by atoms with E-state index in [1.165, 1.54) is 0 Å². The van der Waals surface area contributed by atoms with E-state index in [-0.39, 0.29) is 5.41 Å². The van der Waals surface area contributed by atoms with Crippen LogP contribution < -0.4 is 10.5 Å². The first kappa shape index (κ1) is 11.0. The van der Waals surface area contributed by atoms with Crippen LogP contribution in [0, 0.1) is 0 Å². The van der Waals surface area contributed by atoms with E-state index in [0.717, 1.165) is 38.3 Å². The van der Waals surface area contributed by atoms with Crippen molar-refractivity contribution in [2.24, 2.45) is 5.73 Å². The Balaban J connectivity index is 1.89. The molecule has 1 fully saturated rings. The van der Waals surface area contributed by atoms with E-state index in [1.54, 1.807) is 0 Å². The van der Waals surface area contributed by atoms with Gasteiger partial charge in [0.25, 0.3) is 0 Å². The quantitative estimate of drug-likeness (QED) is 0.757. The lowest BCUT2D eigenvalue weighted by Crippen LogP contribution is -2.46. The summed E-state index contributed by atoms with van der Waals surface area (Å²) in [6.07, 6.45) is 2.06. The van der Waals surface area contributed by atoms with Gasteiger partial charge in [-0.25, -0.2) is 4.68 Å². The Kier molecular flexibility index (Phi) is 2.56. The molecule has 3 heterocycles. The molecular weight excluding hydrogens is 218 g/mol. The number of likely N-dealkylation sites (tertiary alicyclic amines) is 1. The van der Waals surface area contributed by atoms with Gasteiger partial charge in [-0.3, -0.25) is 0 Å². The van der Waals surface area contributed by atoms with E-state index in [1.807, 2.05) is 4.68 Å².